The van der Waals surface area contributed by atoms with Gasteiger partial charge in [-0.2, -0.15) is 5.10 Å². The molecule has 1 saturated carbocycles. The summed E-state index contributed by atoms with van der Waals surface area (Å²) in [6, 6.07) is 0. The number of aromatic nitrogens is 2. The summed E-state index contributed by atoms with van der Waals surface area (Å²) in [7, 11) is 4.03. The van der Waals surface area contributed by atoms with Gasteiger partial charge < -0.3 is 4.90 Å². The van der Waals surface area contributed by atoms with Crippen molar-refractivity contribution in [1.82, 2.24) is 14.7 Å². The van der Waals surface area contributed by atoms with Crippen LogP contribution in [0, 0.1) is 5.92 Å². The van der Waals surface area contributed by atoms with Gasteiger partial charge in [0.1, 0.15) is 5.69 Å². The first-order valence-electron chi connectivity index (χ1n) is 5.50. The zero-order valence-electron chi connectivity index (χ0n) is 9.61. The molecule has 0 aromatic carbocycles. The second-order valence-corrected chi connectivity index (χ2v) is 5.36. The molecule has 1 heterocycles. The van der Waals surface area contributed by atoms with Crippen LogP contribution >= 0.6 is 15.9 Å². The number of ketones is 1. The van der Waals surface area contributed by atoms with Crippen molar-refractivity contribution in [3.63, 3.8) is 0 Å². The van der Waals surface area contributed by atoms with Crippen LogP contribution in [-0.2, 0) is 6.54 Å². The van der Waals surface area contributed by atoms with Crippen molar-refractivity contribution < 1.29 is 4.79 Å². The third-order valence-electron chi connectivity index (χ3n) is 2.74. The molecule has 1 aliphatic carbocycles. The molecule has 0 saturated heterocycles. The number of rotatable bonds is 5. The van der Waals surface area contributed by atoms with Gasteiger partial charge in [-0.3, -0.25) is 9.48 Å². The predicted octanol–water partition coefficient (Wildman–Crippen LogP) is 1.80. The number of carbonyl (C=O) groups excluding carboxylic acids is 1. The minimum absolute atomic E-state index is 0.239. The van der Waals surface area contributed by atoms with Crippen LogP contribution in [-0.4, -0.2) is 41.1 Å². The number of halogens is 1. The van der Waals surface area contributed by atoms with Crippen LogP contribution in [0.1, 0.15) is 23.3 Å². The Balaban J connectivity index is 2.14. The topological polar surface area (TPSA) is 38.1 Å². The Labute approximate surface area is 104 Å². The molecule has 0 bridgehead atoms. The van der Waals surface area contributed by atoms with Crippen molar-refractivity contribution in [2.24, 2.45) is 5.92 Å². The molecule has 16 heavy (non-hydrogen) atoms. The Bertz CT molecular complexity index is 396. The molecular weight excluding hydrogens is 270 g/mol. The molecule has 0 unspecified atom stereocenters. The van der Waals surface area contributed by atoms with Gasteiger partial charge in [0.05, 0.1) is 17.2 Å². The standard InChI is InChI=1S/C11H16BrN3O/c1-14(2)5-6-15-10(9(12)7-13-15)11(16)8-3-4-8/h7-8H,3-6H2,1-2H3. The molecule has 0 aliphatic heterocycles. The van der Waals surface area contributed by atoms with E-state index in [2.05, 4.69) is 25.9 Å². The molecule has 1 aliphatic rings. The molecule has 88 valence electrons. The van der Waals surface area contributed by atoms with Crippen LogP contribution in [0.15, 0.2) is 10.7 Å². The van der Waals surface area contributed by atoms with Gasteiger partial charge in [0, 0.05) is 12.5 Å². The highest BCUT2D eigenvalue weighted by Crippen LogP contribution is 2.34. The summed E-state index contributed by atoms with van der Waals surface area (Å²) >= 11 is 3.40. The minimum Gasteiger partial charge on any atom is -0.308 e. The molecule has 0 radical (unpaired) electrons. The highest BCUT2D eigenvalue weighted by molar-refractivity contribution is 9.10. The van der Waals surface area contributed by atoms with Crippen molar-refractivity contribution in [3.05, 3.63) is 16.4 Å². The third-order valence-corrected chi connectivity index (χ3v) is 3.32. The molecule has 2 rings (SSSR count). The first-order valence-corrected chi connectivity index (χ1v) is 6.29. The summed E-state index contributed by atoms with van der Waals surface area (Å²) in [4.78, 5) is 14.1. The molecular formula is C11H16BrN3O. The highest BCUT2D eigenvalue weighted by atomic mass is 79.9. The number of carbonyl (C=O) groups is 1. The van der Waals surface area contributed by atoms with Crippen molar-refractivity contribution in [3.8, 4) is 0 Å². The van der Waals surface area contributed by atoms with E-state index in [1.54, 1.807) is 6.20 Å². The number of hydrogen-bond donors (Lipinski definition) is 0. The van der Waals surface area contributed by atoms with E-state index in [0.29, 0.717) is 0 Å². The summed E-state index contributed by atoms with van der Waals surface area (Å²) in [5.41, 5.74) is 0.740. The fourth-order valence-electron chi connectivity index (χ4n) is 1.61. The van der Waals surface area contributed by atoms with Gasteiger partial charge in [0.2, 0.25) is 0 Å². The lowest BCUT2D eigenvalue weighted by Gasteiger charge is -2.11. The van der Waals surface area contributed by atoms with Crippen LogP contribution in [0.3, 0.4) is 0 Å². The Morgan fingerprint density at radius 1 is 1.62 bits per heavy atom. The van der Waals surface area contributed by atoms with Crippen LogP contribution < -0.4 is 0 Å². The van der Waals surface area contributed by atoms with Gasteiger partial charge in [-0.15, -0.1) is 0 Å². The zero-order chi connectivity index (χ0) is 11.7. The van der Waals surface area contributed by atoms with E-state index >= 15 is 0 Å². The molecule has 0 N–H and O–H groups in total. The van der Waals surface area contributed by atoms with Crippen LogP contribution in [0.5, 0.6) is 0 Å². The second kappa shape index (κ2) is 4.67. The van der Waals surface area contributed by atoms with Gasteiger partial charge in [-0.1, -0.05) is 0 Å². The summed E-state index contributed by atoms with van der Waals surface area (Å²) in [5.74, 6) is 0.481. The maximum Gasteiger partial charge on any atom is 0.185 e. The molecule has 1 fully saturated rings. The molecule has 5 heteroatoms. The summed E-state index contributed by atoms with van der Waals surface area (Å²) < 4.78 is 2.63. The van der Waals surface area contributed by atoms with E-state index in [4.69, 9.17) is 0 Å². The Kier molecular flexibility index (Phi) is 3.44. The van der Waals surface area contributed by atoms with Crippen LogP contribution in [0.25, 0.3) is 0 Å². The first-order chi connectivity index (χ1) is 7.59. The molecule has 4 nitrogen and oxygen atoms in total. The Morgan fingerprint density at radius 3 is 2.88 bits per heavy atom. The van der Waals surface area contributed by atoms with Gasteiger partial charge in [0.25, 0.3) is 0 Å². The number of likely N-dealkylation sites (N-methyl/N-ethyl adjacent to an activating group) is 1. The predicted molar refractivity (Wildman–Crippen MR) is 65.5 cm³/mol. The number of Topliss-reactive ketones (excluding diaryl/α,β-unsaturated/α-hetero) is 1. The van der Waals surface area contributed by atoms with E-state index in [1.807, 2.05) is 18.8 Å². The number of hydrogen-bond acceptors (Lipinski definition) is 3. The molecule has 0 amide bonds. The molecule has 0 atom stereocenters. The maximum atomic E-state index is 12.0. The maximum absolute atomic E-state index is 12.0. The lowest BCUT2D eigenvalue weighted by molar-refractivity contribution is 0.0955. The van der Waals surface area contributed by atoms with Crippen LogP contribution in [0.4, 0.5) is 0 Å². The summed E-state index contributed by atoms with van der Waals surface area (Å²) in [5, 5.41) is 4.24. The van der Waals surface area contributed by atoms with Gasteiger partial charge in [0.15, 0.2) is 5.78 Å². The molecule has 1 aromatic rings. The quantitative estimate of drug-likeness (QED) is 0.775. The summed E-state index contributed by atoms with van der Waals surface area (Å²) in [6.45, 7) is 1.64. The largest absolute Gasteiger partial charge is 0.308 e. The van der Waals surface area contributed by atoms with E-state index in [9.17, 15) is 4.79 Å². The SMILES string of the molecule is CN(C)CCn1ncc(Br)c1C(=O)C1CC1. The fourth-order valence-corrected chi connectivity index (χ4v) is 2.10. The first kappa shape index (κ1) is 11.8. The Morgan fingerprint density at radius 2 is 2.31 bits per heavy atom. The second-order valence-electron chi connectivity index (χ2n) is 4.51. The Hall–Kier alpha value is -0.680. The monoisotopic (exact) mass is 285 g/mol. The van der Waals surface area contributed by atoms with E-state index in [1.165, 1.54) is 0 Å². The van der Waals surface area contributed by atoms with Crippen molar-refractivity contribution in [1.29, 1.82) is 0 Å². The third kappa shape index (κ3) is 2.52. The van der Waals surface area contributed by atoms with Gasteiger partial charge in [-0.05, 0) is 42.9 Å². The van der Waals surface area contributed by atoms with Gasteiger partial charge >= 0.3 is 0 Å². The summed E-state index contributed by atoms with van der Waals surface area (Å²) in [6.07, 6.45) is 3.78. The van der Waals surface area contributed by atoms with E-state index < -0.39 is 0 Å². The average Bonchev–Trinajstić information content (AvgIpc) is 2.99. The van der Waals surface area contributed by atoms with Gasteiger partial charge in [-0.25, -0.2) is 0 Å². The molecule has 1 aromatic heterocycles. The average molecular weight is 286 g/mol. The van der Waals surface area contributed by atoms with Crippen molar-refractivity contribution in [2.45, 2.75) is 19.4 Å². The fraction of sp³-hybridized carbons (Fsp3) is 0.636. The smallest absolute Gasteiger partial charge is 0.185 e. The van der Waals surface area contributed by atoms with E-state index in [0.717, 1.165) is 36.1 Å². The lowest BCUT2D eigenvalue weighted by Crippen LogP contribution is -2.22. The van der Waals surface area contributed by atoms with Crippen molar-refractivity contribution in [2.75, 3.05) is 20.6 Å². The lowest BCUT2D eigenvalue weighted by atomic mass is 10.2. The van der Waals surface area contributed by atoms with Crippen molar-refractivity contribution >= 4 is 21.7 Å². The van der Waals surface area contributed by atoms with E-state index in [-0.39, 0.29) is 11.7 Å². The minimum atomic E-state index is 0.239. The normalized spacial score (nSPS) is 15.8. The molecule has 0 spiro atoms. The number of nitrogens with zero attached hydrogens (tertiary/aromatic N) is 3. The van der Waals surface area contributed by atoms with Crippen LogP contribution in [0.2, 0.25) is 0 Å². The highest BCUT2D eigenvalue weighted by Gasteiger charge is 2.33. The zero-order valence-corrected chi connectivity index (χ0v) is 11.2.